The molecule has 0 fully saturated rings. The average Bonchev–Trinajstić information content (AvgIpc) is 2.96. The molecule has 0 atom stereocenters. The van der Waals surface area contributed by atoms with Crippen LogP contribution in [-0.4, -0.2) is 38.4 Å². The van der Waals surface area contributed by atoms with E-state index in [2.05, 4.69) is 9.97 Å². The summed E-state index contributed by atoms with van der Waals surface area (Å²) in [7, 11) is -2.03. The van der Waals surface area contributed by atoms with E-state index in [0.29, 0.717) is 13.1 Å². The van der Waals surface area contributed by atoms with Gasteiger partial charge in [-0.1, -0.05) is 11.6 Å². The van der Waals surface area contributed by atoms with Gasteiger partial charge >= 0.3 is 0 Å². The second-order valence-electron chi connectivity index (χ2n) is 4.33. The number of hydrogen-bond acceptors (Lipinski definition) is 4. The van der Waals surface area contributed by atoms with E-state index in [-0.39, 0.29) is 16.7 Å². The molecule has 0 aliphatic carbocycles. The monoisotopic (exact) mass is 301 g/mol. The lowest BCUT2D eigenvalue weighted by Gasteiger charge is -2.26. The fraction of sp³-hybridized carbons (Fsp3) is 0.400. The molecule has 102 valence electrons. The second-order valence-corrected chi connectivity index (χ2v) is 6.54. The van der Waals surface area contributed by atoms with Gasteiger partial charge in [0.15, 0.2) is 0 Å². The number of rotatable bonds is 2. The third-order valence-corrected chi connectivity index (χ3v) is 5.46. The van der Waals surface area contributed by atoms with Gasteiger partial charge in [-0.25, -0.2) is 18.4 Å². The van der Waals surface area contributed by atoms with Gasteiger partial charge in [0.2, 0.25) is 5.03 Å². The number of imidazole rings is 2. The molecular weight excluding hydrogens is 290 g/mol. The van der Waals surface area contributed by atoms with Crippen molar-refractivity contribution in [2.75, 3.05) is 6.54 Å². The quantitative estimate of drug-likeness (QED) is 0.808. The van der Waals surface area contributed by atoms with Crippen molar-refractivity contribution in [2.45, 2.75) is 18.1 Å². The summed E-state index contributed by atoms with van der Waals surface area (Å²) in [6, 6.07) is 0. The third kappa shape index (κ3) is 1.96. The number of fused-ring (bicyclic) bond motifs is 1. The van der Waals surface area contributed by atoms with Crippen molar-refractivity contribution in [1.29, 1.82) is 0 Å². The SMILES string of the molecule is Cn1cnc(S(=O)(=O)N2CCn3ccnc3C2)c1Cl. The van der Waals surface area contributed by atoms with Crippen molar-refractivity contribution in [3.05, 3.63) is 29.7 Å². The number of aryl methyl sites for hydroxylation is 1. The average molecular weight is 302 g/mol. The van der Waals surface area contributed by atoms with Gasteiger partial charge in [0.1, 0.15) is 11.0 Å². The second kappa shape index (κ2) is 4.32. The largest absolute Gasteiger partial charge is 0.333 e. The van der Waals surface area contributed by atoms with Crippen molar-refractivity contribution in [3.8, 4) is 0 Å². The van der Waals surface area contributed by atoms with Crippen LogP contribution < -0.4 is 0 Å². The predicted molar refractivity (Wildman–Crippen MR) is 68.0 cm³/mol. The lowest BCUT2D eigenvalue weighted by Crippen LogP contribution is -2.38. The molecular formula is C10H12ClN5O2S. The fourth-order valence-electron chi connectivity index (χ4n) is 2.05. The first-order chi connectivity index (χ1) is 9.00. The smallest absolute Gasteiger partial charge is 0.264 e. The van der Waals surface area contributed by atoms with Crippen LogP contribution >= 0.6 is 11.6 Å². The van der Waals surface area contributed by atoms with Crippen molar-refractivity contribution in [1.82, 2.24) is 23.4 Å². The van der Waals surface area contributed by atoms with Gasteiger partial charge < -0.3 is 9.13 Å². The zero-order valence-electron chi connectivity index (χ0n) is 10.2. The molecule has 0 spiro atoms. The zero-order valence-corrected chi connectivity index (χ0v) is 11.8. The minimum atomic E-state index is -3.68. The van der Waals surface area contributed by atoms with Gasteiger partial charge in [-0.2, -0.15) is 4.31 Å². The molecule has 3 heterocycles. The van der Waals surface area contributed by atoms with E-state index in [4.69, 9.17) is 11.6 Å². The summed E-state index contributed by atoms with van der Waals surface area (Å²) in [6.07, 6.45) is 4.90. The summed E-state index contributed by atoms with van der Waals surface area (Å²) in [5, 5.41) is 0.0191. The molecule has 2 aromatic heterocycles. The van der Waals surface area contributed by atoms with Crippen molar-refractivity contribution < 1.29 is 8.42 Å². The summed E-state index contributed by atoms with van der Waals surface area (Å²) in [5.74, 6) is 0.724. The molecule has 0 aromatic carbocycles. The molecule has 0 radical (unpaired) electrons. The van der Waals surface area contributed by atoms with Crippen LogP contribution in [0.5, 0.6) is 0 Å². The van der Waals surface area contributed by atoms with Gasteiger partial charge in [-0.05, 0) is 0 Å². The summed E-state index contributed by atoms with van der Waals surface area (Å²) < 4.78 is 29.7. The van der Waals surface area contributed by atoms with E-state index in [1.165, 1.54) is 15.2 Å². The summed E-state index contributed by atoms with van der Waals surface area (Å²) in [6.45, 7) is 1.21. The minimum absolute atomic E-state index is 0.100. The molecule has 1 aliphatic rings. The number of nitrogens with zero attached hydrogens (tertiary/aromatic N) is 5. The summed E-state index contributed by atoms with van der Waals surface area (Å²) in [4.78, 5) is 8.02. The summed E-state index contributed by atoms with van der Waals surface area (Å²) in [5.41, 5.74) is 0. The van der Waals surface area contributed by atoms with Crippen LogP contribution in [0, 0.1) is 0 Å². The molecule has 2 aromatic rings. The van der Waals surface area contributed by atoms with Crippen molar-refractivity contribution in [3.63, 3.8) is 0 Å². The maximum Gasteiger partial charge on any atom is 0.264 e. The van der Waals surface area contributed by atoms with Crippen LogP contribution in [0.4, 0.5) is 0 Å². The Morgan fingerprint density at radius 1 is 1.32 bits per heavy atom. The van der Waals surface area contributed by atoms with Crippen LogP contribution in [0.2, 0.25) is 5.15 Å². The molecule has 0 saturated carbocycles. The maximum absolute atomic E-state index is 12.5. The van der Waals surface area contributed by atoms with E-state index >= 15 is 0 Å². The first kappa shape index (κ1) is 12.6. The molecule has 1 aliphatic heterocycles. The molecule has 9 heteroatoms. The Labute approximate surface area is 115 Å². The lowest BCUT2D eigenvalue weighted by atomic mass is 10.4. The van der Waals surface area contributed by atoms with E-state index in [1.807, 2.05) is 10.8 Å². The first-order valence-corrected chi connectivity index (χ1v) is 7.49. The van der Waals surface area contributed by atoms with E-state index in [9.17, 15) is 8.42 Å². The standard InChI is InChI=1S/C10H12ClN5O2S/c1-14-7-13-10(9(14)11)19(17,18)16-5-4-15-3-2-12-8(15)6-16/h2-3,7H,4-6H2,1H3. The van der Waals surface area contributed by atoms with Crippen LogP contribution in [0.3, 0.4) is 0 Å². The normalized spacial score (nSPS) is 16.5. The Balaban J connectivity index is 1.97. The number of halogens is 1. The van der Waals surface area contributed by atoms with Crippen LogP contribution in [0.25, 0.3) is 0 Å². The molecule has 0 unspecified atom stereocenters. The zero-order chi connectivity index (χ0) is 13.6. The van der Waals surface area contributed by atoms with Gasteiger partial charge in [0.25, 0.3) is 10.0 Å². The van der Waals surface area contributed by atoms with E-state index < -0.39 is 10.0 Å². The van der Waals surface area contributed by atoms with Crippen LogP contribution in [0.1, 0.15) is 5.82 Å². The maximum atomic E-state index is 12.5. The van der Waals surface area contributed by atoms with Crippen molar-refractivity contribution in [2.24, 2.45) is 7.05 Å². The molecule has 0 amide bonds. The Hall–Kier alpha value is -1.38. The molecule has 0 N–H and O–H groups in total. The van der Waals surface area contributed by atoms with E-state index in [1.54, 1.807) is 13.2 Å². The van der Waals surface area contributed by atoms with Gasteiger partial charge in [0.05, 0.1) is 12.9 Å². The first-order valence-electron chi connectivity index (χ1n) is 5.67. The molecule has 3 rings (SSSR count). The highest BCUT2D eigenvalue weighted by Crippen LogP contribution is 2.25. The predicted octanol–water partition coefficient (Wildman–Crippen LogP) is 0.474. The molecule has 0 saturated heterocycles. The van der Waals surface area contributed by atoms with Gasteiger partial charge in [-0.15, -0.1) is 0 Å². The fourth-order valence-corrected chi connectivity index (χ4v) is 3.82. The molecule has 7 nitrogen and oxygen atoms in total. The highest BCUT2D eigenvalue weighted by Gasteiger charge is 2.32. The highest BCUT2D eigenvalue weighted by molar-refractivity contribution is 7.89. The lowest BCUT2D eigenvalue weighted by molar-refractivity contribution is 0.334. The topological polar surface area (TPSA) is 73.0 Å². The molecule has 19 heavy (non-hydrogen) atoms. The van der Waals surface area contributed by atoms with Crippen LogP contribution in [-0.2, 0) is 30.2 Å². The molecule has 0 bridgehead atoms. The Kier molecular flexibility index (Phi) is 2.88. The number of sulfonamides is 1. The Bertz CT molecular complexity index is 720. The van der Waals surface area contributed by atoms with Crippen molar-refractivity contribution >= 4 is 21.6 Å². The van der Waals surface area contributed by atoms with Gasteiger partial charge in [0, 0.05) is 32.5 Å². The Morgan fingerprint density at radius 3 is 2.79 bits per heavy atom. The summed E-state index contributed by atoms with van der Waals surface area (Å²) >= 11 is 5.97. The Morgan fingerprint density at radius 2 is 2.11 bits per heavy atom. The minimum Gasteiger partial charge on any atom is -0.333 e. The van der Waals surface area contributed by atoms with Crippen LogP contribution in [0.15, 0.2) is 23.7 Å². The van der Waals surface area contributed by atoms with Gasteiger partial charge in [-0.3, -0.25) is 0 Å². The highest BCUT2D eigenvalue weighted by atomic mass is 35.5. The number of aromatic nitrogens is 4. The third-order valence-electron chi connectivity index (χ3n) is 3.13. The number of hydrogen-bond donors (Lipinski definition) is 0. The van der Waals surface area contributed by atoms with E-state index in [0.717, 1.165) is 5.82 Å².